The Bertz CT molecular complexity index is 377. The molecule has 0 fully saturated rings. The molecule has 0 aliphatic carbocycles. The topological polar surface area (TPSA) is 55.6 Å². The lowest BCUT2D eigenvalue weighted by Crippen LogP contribution is -2.20. The maximum Gasteiger partial charge on any atom is 0.346 e. The van der Waals surface area contributed by atoms with Crippen molar-refractivity contribution < 1.29 is 9.53 Å². The fourth-order valence-corrected chi connectivity index (χ4v) is 1.29. The van der Waals surface area contributed by atoms with Crippen LogP contribution in [0.2, 0.25) is 0 Å². The molecule has 16 heavy (non-hydrogen) atoms. The summed E-state index contributed by atoms with van der Waals surface area (Å²) in [6.45, 7) is 0.228. The Balaban J connectivity index is 2.48. The van der Waals surface area contributed by atoms with Crippen molar-refractivity contribution in [2.75, 3.05) is 7.05 Å². The van der Waals surface area contributed by atoms with E-state index >= 15 is 0 Å². The molecule has 1 aromatic carbocycles. The van der Waals surface area contributed by atoms with Crippen LogP contribution >= 0.6 is 12.6 Å². The number of benzene rings is 1. The predicted molar refractivity (Wildman–Crippen MR) is 65.3 cm³/mol. The number of esters is 1. The van der Waals surface area contributed by atoms with Crippen LogP contribution in [0.15, 0.2) is 41.4 Å². The maximum absolute atomic E-state index is 11.4. The van der Waals surface area contributed by atoms with Crippen molar-refractivity contribution in [1.29, 1.82) is 0 Å². The van der Waals surface area contributed by atoms with Crippen LogP contribution in [0, 0.1) is 0 Å². The van der Waals surface area contributed by atoms with Crippen molar-refractivity contribution in [2.24, 2.45) is 5.84 Å². The second-order valence-corrected chi connectivity index (χ2v) is 3.72. The van der Waals surface area contributed by atoms with E-state index in [-0.39, 0.29) is 11.5 Å². The molecule has 0 atom stereocenters. The first-order chi connectivity index (χ1) is 7.59. The zero-order valence-electron chi connectivity index (χ0n) is 8.96. The third-order valence-corrected chi connectivity index (χ3v) is 2.05. The van der Waals surface area contributed by atoms with Gasteiger partial charge in [0.1, 0.15) is 11.5 Å². The molecule has 0 heterocycles. The van der Waals surface area contributed by atoms with Gasteiger partial charge in [-0.25, -0.2) is 10.6 Å². The van der Waals surface area contributed by atoms with Crippen molar-refractivity contribution in [3.05, 3.63) is 47.0 Å². The van der Waals surface area contributed by atoms with Crippen LogP contribution in [0.5, 0.6) is 0 Å². The predicted octanol–water partition coefficient (Wildman–Crippen LogP) is 1.31. The highest BCUT2D eigenvalue weighted by Crippen LogP contribution is 2.07. The molecule has 5 heteroatoms. The molecule has 86 valence electrons. The molecule has 1 rings (SSSR count). The van der Waals surface area contributed by atoms with Gasteiger partial charge in [0.05, 0.1) is 0 Å². The van der Waals surface area contributed by atoms with Crippen LogP contribution < -0.4 is 5.84 Å². The summed E-state index contributed by atoms with van der Waals surface area (Å²) in [6, 6.07) is 9.43. The van der Waals surface area contributed by atoms with Crippen LogP contribution in [0.3, 0.4) is 0 Å². The number of nitrogens with zero attached hydrogens (tertiary/aromatic N) is 1. The second kappa shape index (κ2) is 6.19. The number of carbonyl (C=O) groups is 1. The lowest BCUT2D eigenvalue weighted by molar-refractivity contribution is -0.139. The van der Waals surface area contributed by atoms with E-state index in [4.69, 9.17) is 10.6 Å². The minimum absolute atomic E-state index is 0.168. The third-order valence-electron chi connectivity index (χ3n) is 1.75. The van der Waals surface area contributed by atoms with Crippen molar-refractivity contribution in [3.8, 4) is 0 Å². The van der Waals surface area contributed by atoms with E-state index in [1.165, 1.54) is 11.2 Å². The molecule has 2 N–H and O–H groups in total. The Morgan fingerprint density at radius 2 is 2.12 bits per heavy atom. The first-order valence-corrected chi connectivity index (χ1v) is 5.13. The minimum Gasteiger partial charge on any atom is -0.457 e. The van der Waals surface area contributed by atoms with Crippen LogP contribution in [0.4, 0.5) is 0 Å². The van der Waals surface area contributed by atoms with E-state index in [1.54, 1.807) is 7.05 Å². The van der Waals surface area contributed by atoms with Gasteiger partial charge in [-0.2, -0.15) is 0 Å². The largest absolute Gasteiger partial charge is 0.457 e. The van der Waals surface area contributed by atoms with Gasteiger partial charge in [0.25, 0.3) is 0 Å². The Morgan fingerprint density at radius 1 is 1.50 bits per heavy atom. The van der Waals surface area contributed by atoms with Crippen molar-refractivity contribution >= 4 is 18.6 Å². The number of nitrogens with two attached hydrogens (primary N) is 1. The molecule has 0 radical (unpaired) electrons. The molecular formula is C11H14N2O2S. The molecule has 0 bridgehead atoms. The second-order valence-electron chi connectivity index (χ2n) is 3.24. The highest BCUT2D eigenvalue weighted by atomic mass is 32.1. The van der Waals surface area contributed by atoms with Crippen molar-refractivity contribution in [2.45, 2.75) is 6.61 Å². The van der Waals surface area contributed by atoms with Gasteiger partial charge in [-0.15, -0.1) is 12.6 Å². The minimum atomic E-state index is -0.496. The number of hydrogen-bond donors (Lipinski definition) is 2. The van der Waals surface area contributed by atoms with Crippen LogP contribution in [-0.4, -0.2) is 18.0 Å². The standard InChI is InChI=1S/C11H14N2O2S/c1-13(12)7-10(16)11(14)15-8-9-5-3-2-4-6-9/h2-7,16H,8,12H2,1H3/b10-7-. The smallest absolute Gasteiger partial charge is 0.346 e. The molecule has 0 aromatic heterocycles. The number of thiol groups is 1. The van der Waals surface area contributed by atoms with E-state index in [0.29, 0.717) is 0 Å². The average Bonchev–Trinajstić information content (AvgIpc) is 2.26. The zero-order chi connectivity index (χ0) is 12.0. The molecule has 0 amide bonds. The number of carbonyl (C=O) groups excluding carboxylic acids is 1. The molecule has 0 aliphatic heterocycles. The first kappa shape index (κ1) is 12.6. The highest BCUT2D eigenvalue weighted by Gasteiger charge is 2.07. The maximum atomic E-state index is 11.4. The van der Waals surface area contributed by atoms with Gasteiger partial charge in [-0.1, -0.05) is 30.3 Å². The Labute approximate surface area is 100 Å². The zero-order valence-corrected chi connectivity index (χ0v) is 9.85. The summed E-state index contributed by atoms with van der Waals surface area (Å²) in [6.07, 6.45) is 1.39. The average molecular weight is 238 g/mol. The highest BCUT2D eigenvalue weighted by molar-refractivity contribution is 7.85. The number of hydrazine groups is 1. The van der Waals surface area contributed by atoms with Crippen LogP contribution in [0.25, 0.3) is 0 Å². The van der Waals surface area contributed by atoms with Gasteiger partial charge in [-0.3, -0.25) is 0 Å². The molecule has 0 saturated carbocycles. The quantitative estimate of drug-likeness (QED) is 0.273. The monoisotopic (exact) mass is 238 g/mol. The van der Waals surface area contributed by atoms with E-state index in [2.05, 4.69) is 12.6 Å². The van der Waals surface area contributed by atoms with E-state index in [1.807, 2.05) is 30.3 Å². The number of hydrogen-bond acceptors (Lipinski definition) is 5. The molecule has 0 saturated heterocycles. The van der Waals surface area contributed by atoms with Gasteiger partial charge >= 0.3 is 5.97 Å². The molecule has 0 unspecified atom stereocenters. The van der Waals surface area contributed by atoms with E-state index in [9.17, 15) is 4.79 Å². The van der Waals surface area contributed by atoms with Gasteiger partial charge in [0, 0.05) is 13.2 Å². The summed E-state index contributed by atoms with van der Waals surface area (Å²) in [5.41, 5.74) is 0.929. The third kappa shape index (κ3) is 4.37. The van der Waals surface area contributed by atoms with Gasteiger partial charge < -0.3 is 9.75 Å². The summed E-state index contributed by atoms with van der Waals surface area (Å²) in [7, 11) is 1.60. The van der Waals surface area contributed by atoms with Crippen molar-refractivity contribution in [3.63, 3.8) is 0 Å². The normalized spacial score (nSPS) is 11.1. The van der Waals surface area contributed by atoms with Gasteiger partial charge in [0.15, 0.2) is 0 Å². The molecule has 1 aromatic rings. The SMILES string of the molecule is CN(N)/C=C(\S)C(=O)OCc1ccccc1. The van der Waals surface area contributed by atoms with Crippen molar-refractivity contribution in [1.82, 2.24) is 5.01 Å². The molecule has 4 nitrogen and oxygen atoms in total. The lowest BCUT2D eigenvalue weighted by Gasteiger charge is -2.07. The Hall–Kier alpha value is -1.46. The molecule has 0 aliphatic rings. The number of ether oxygens (including phenoxy) is 1. The Morgan fingerprint density at radius 3 is 2.69 bits per heavy atom. The van der Waals surface area contributed by atoms with E-state index in [0.717, 1.165) is 5.56 Å². The summed E-state index contributed by atoms with van der Waals surface area (Å²) < 4.78 is 5.02. The fourth-order valence-electron chi connectivity index (χ4n) is 1.04. The fraction of sp³-hybridized carbons (Fsp3) is 0.182. The van der Waals surface area contributed by atoms with Crippen LogP contribution in [0.1, 0.15) is 5.56 Å². The van der Waals surface area contributed by atoms with Gasteiger partial charge in [0.2, 0.25) is 0 Å². The molecule has 0 spiro atoms. The van der Waals surface area contributed by atoms with E-state index < -0.39 is 5.97 Å². The van der Waals surface area contributed by atoms with Gasteiger partial charge in [-0.05, 0) is 5.56 Å². The van der Waals surface area contributed by atoms with Crippen LogP contribution in [-0.2, 0) is 16.1 Å². The summed E-state index contributed by atoms with van der Waals surface area (Å²) in [4.78, 5) is 11.6. The Kier molecular flexibility index (Phi) is 4.88. The number of rotatable bonds is 4. The summed E-state index contributed by atoms with van der Waals surface area (Å²) in [5.74, 6) is 4.84. The summed E-state index contributed by atoms with van der Waals surface area (Å²) in [5, 5.41) is 1.24. The molecular weight excluding hydrogens is 224 g/mol. The first-order valence-electron chi connectivity index (χ1n) is 4.69. The lowest BCUT2D eigenvalue weighted by atomic mass is 10.2. The summed E-state index contributed by atoms with van der Waals surface area (Å²) >= 11 is 3.98.